The summed E-state index contributed by atoms with van der Waals surface area (Å²) in [5.41, 5.74) is 0.881. The van der Waals surface area contributed by atoms with E-state index in [4.69, 9.17) is 0 Å². The van der Waals surface area contributed by atoms with Crippen LogP contribution < -0.4 is 4.72 Å². The summed E-state index contributed by atoms with van der Waals surface area (Å²) in [5, 5.41) is 0. The molecule has 1 rings (SSSR count). The maximum atomic E-state index is 11.6. The fraction of sp³-hybridized carbons (Fsp3) is 0.500. The molecule has 96 valence electrons. The van der Waals surface area contributed by atoms with Crippen LogP contribution in [-0.4, -0.2) is 33.4 Å². The van der Waals surface area contributed by atoms with Gasteiger partial charge in [-0.15, -0.1) is 0 Å². The van der Waals surface area contributed by atoms with Crippen LogP contribution in [0.4, 0.5) is 0 Å². The van der Waals surface area contributed by atoms with Gasteiger partial charge in [-0.05, 0) is 5.56 Å². The monoisotopic (exact) mass is 256 g/mol. The van der Waals surface area contributed by atoms with Gasteiger partial charge in [-0.1, -0.05) is 44.2 Å². The molecule has 1 N–H and O–H groups in total. The van der Waals surface area contributed by atoms with E-state index in [1.165, 1.54) is 18.4 Å². The molecule has 0 unspecified atom stereocenters. The molecule has 0 spiro atoms. The van der Waals surface area contributed by atoms with E-state index in [9.17, 15) is 8.42 Å². The van der Waals surface area contributed by atoms with Crippen LogP contribution in [0.15, 0.2) is 30.3 Å². The van der Waals surface area contributed by atoms with Crippen molar-refractivity contribution in [1.29, 1.82) is 0 Å². The second-order valence-corrected chi connectivity index (χ2v) is 6.83. The summed E-state index contributed by atoms with van der Waals surface area (Å²) in [7, 11) is -0.333. The summed E-state index contributed by atoms with van der Waals surface area (Å²) in [5.74, 6) is 0. The lowest BCUT2D eigenvalue weighted by Crippen LogP contribution is -2.42. The third-order valence-corrected chi connectivity index (χ3v) is 4.20. The first-order valence-electron chi connectivity index (χ1n) is 5.48. The molecule has 0 aromatic heterocycles. The van der Waals surface area contributed by atoms with Gasteiger partial charge in [0, 0.05) is 26.1 Å². The Balaban J connectivity index is 2.76. The molecule has 0 bridgehead atoms. The highest BCUT2D eigenvalue weighted by Crippen LogP contribution is 2.21. The van der Waals surface area contributed by atoms with Crippen molar-refractivity contribution >= 4 is 10.2 Å². The first-order valence-corrected chi connectivity index (χ1v) is 6.92. The van der Waals surface area contributed by atoms with Crippen molar-refractivity contribution in [1.82, 2.24) is 9.03 Å². The highest BCUT2D eigenvalue weighted by Gasteiger charge is 2.23. The van der Waals surface area contributed by atoms with Crippen molar-refractivity contribution in [3.05, 3.63) is 35.9 Å². The predicted octanol–water partition coefficient (Wildman–Crippen LogP) is 1.36. The normalized spacial score (nSPS) is 13.0. The van der Waals surface area contributed by atoms with Crippen LogP contribution in [0, 0.1) is 0 Å². The van der Waals surface area contributed by atoms with Gasteiger partial charge < -0.3 is 0 Å². The third kappa shape index (κ3) is 3.80. The smallest absolute Gasteiger partial charge is 0.201 e. The maximum absolute atomic E-state index is 11.6. The summed E-state index contributed by atoms with van der Waals surface area (Å²) >= 11 is 0. The van der Waals surface area contributed by atoms with Crippen LogP contribution in [0.1, 0.15) is 19.4 Å². The minimum atomic E-state index is -3.36. The largest absolute Gasteiger partial charge is 0.278 e. The van der Waals surface area contributed by atoms with Gasteiger partial charge in [0.15, 0.2) is 0 Å². The van der Waals surface area contributed by atoms with Crippen molar-refractivity contribution in [3.63, 3.8) is 0 Å². The first kappa shape index (κ1) is 14.2. The molecule has 0 aliphatic heterocycles. The van der Waals surface area contributed by atoms with E-state index in [0.717, 1.165) is 5.56 Å². The molecule has 0 saturated heterocycles. The Morgan fingerprint density at radius 3 is 2.18 bits per heavy atom. The van der Waals surface area contributed by atoms with Gasteiger partial charge >= 0.3 is 0 Å². The Morgan fingerprint density at radius 1 is 1.18 bits per heavy atom. The van der Waals surface area contributed by atoms with Crippen molar-refractivity contribution in [2.24, 2.45) is 0 Å². The van der Waals surface area contributed by atoms with Crippen LogP contribution in [0.5, 0.6) is 0 Å². The van der Waals surface area contributed by atoms with Gasteiger partial charge in [0.05, 0.1) is 0 Å². The molecule has 0 amide bonds. The number of hydrogen-bond donors (Lipinski definition) is 1. The van der Waals surface area contributed by atoms with Crippen LogP contribution in [-0.2, 0) is 15.6 Å². The predicted molar refractivity (Wildman–Crippen MR) is 70.1 cm³/mol. The van der Waals surface area contributed by atoms with Gasteiger partial charge in [-0.25, -0.2) is 4.72 Å². The van der Waals surface area contributed by atoms with E-state index in [-0.39, 0.29) is 5.41 Å². The van der Waals surface area contributed by atoms with E-state index >= 15 is 0 Å². The van der Waals surface area contributed by atoms with E-state index in [1.807, 2.05) is 44.2 Å². The molecule has 0 atom stereocenters. The van der Waals surface area contributed by atoms with E-state index in [2.05, 4.69) is 4.72 Å². The van der Waals surface area contributed by atoms with Gasteiger partial charge in [0.1, 0.15) is 0 Å². The molecule has 17 heavy (non-hydrogen) atoms. The first-order chi connectivity index (χ1) is 7.76. The summed E-state index contributed by atoms with van der Waals surface area (Å²) in [4.78, 5) is 0. The van der Waals surface area contributed by atoms with Crippen LogP contribution in [0.2, 0.25) is 0 Å². The number of hydrogen-bond acceptors (Lipinski definition) is 2. The standard InChI is InChI=1S/C12H20N2O2S/c1-12(2,11-8-6-5-7-9-11)10-13-17(15,16)14(3)4/h5-9,13H,10H2,1-4H3. The molecular weight excluding hydrogens is 236 g/mol. The second kappa shape index (κ2) is 5.16. The lowest BCUT2D eigenvalue weighted by Gasteiger charge is -2.26. The maximum Gasteiger partial charge on any atom is 0.278 e. The van der Waals surface area contributed by atoms with Gasteiger partial charge in [-0.2, -0.15) is 12.7 Å². The number of nitrogens with one attached hydrogen (secondary N) is 1. The summed E-state index contributed by atoms with van der Waals surface area (Å²) in [6, 6.07) is 9.87. The van der Waals surface area contributed by atoms with E-state index in [0.29, 0.717) is 6.54 Å². The minimum absolute atomic E-state index is 0.232. The van der Waals surface area contributed by atoms with Crippen LogP contribution in [0.3, 0.4) is 0 Å². The fourth-order valence-electron chi connectivity index (χ4n) is 1.39. The van der Waals surface area contributed by atoms with E-state index < -0.39 is 10.2 Å². The fourth-order valence-corrected chi connectivity index (χ4v) is 2.19. The lowest BCUT2D eigenvalue weighted by molar-refractivity contribution is 0.469. The molecule has 0 aliphatic rings. The zero-order valence-corrected chi connectivity index (χ0v) is 11.6. The summed E-state index contributed by atoms with van der Waals surface area (Å²) < 4.78 is 27.0. The molecule has 0 aliphatic carbocycles. The second-order valence-electron chi connectivity index (χ2n) is 4.86. The Labute approximate surface area is 104 Å². The average Bonchev–Trinajstić information content (AvgIpc) is 2.28. The van der Waals surface area contributed by atoms with E-state index in [1.54, 1.807) is 0 Å². The Kier molecular flexibility index (Phi) is 4.30. The molecule has 1 aromatic rings. The van der Waals surface area contributed by atoms with Crippen LogP contribution >= 0.6 is 0 Å². The van der Waals surface area contributed by atoms with Crippen molar-refractivity contribution in [2.45, 2.75) is 19.3 Å². The van der Waals surface area contributed by atoms with Gasteiger partial charge in [-0.3, -0.25) is 0 Å². The quantitative estimate of drug-likeness (QED) is 0.865. The number of benzene rings is 1. The molecule has 0 fully saturated rings. The highest BCUT2D eigenvalue weighted by molar-refractivity contribution is 7.87. The zero-order valence-electron chi connectivity index (χ0n) is 10.8. The third-order valence-electron chi connectivity index (χ3n) is 2.73. The molecule has 0 radical (unpaired) electrons. The highest BCUT2D eigenvalue weighted by atomic mass is 32.2. The van der Waals surface area contributed by atoms with Crippen molar-refractivity contribution in [2.75, 3.05) is 20.6 Å². The molecule has 0 saturated carbocycles. The molecule has 0 heterocycles. The number of rotatable bonds is 5. The Morgan fingerprint density at radius 2 is 1.71 bits per heavy atom. The van der Waals surface area contributed by atoms with Gasteiger partial charge in [0.25, 0.3) is 10.2 Å². The molecular formula is C12H20N2O2S. The topological polar surface area (TPSA) is 49.4 Å². The lowest BCUT2D eigenvalue weighted by atomic mass is 9.85. The average molecular weight is 256 g/mol. The molecule has 1 aromatic carbocycles. The Bertz CT molecular complexity index is 453. The summed E-state index contributed by atoms with van der Waals surface area (Å²) in [6.45, 7) is 4.40. The number of nitrogens with zero attached hydrogens (tertiary/aromatic N) is 1. The Hall–Kier alpha value is -0.910. The van der Waals surface area contributed by atoms with Crippen molar-refractivity contribution < 1.29 is 8.42 Å². The SMILES string of the molecule is CN(C)S(=O)(=O)NCC(C)(C)c1ccccc1. The minimum Gasteiger partial charge on any atom is -0.201 e. The molecule has 5 heteroatoms. The van der Waals surface area contributed by atoms with Crippen molar-refractivity contribution in [3.8, 4) is 0 Å². The summed E-state index contributed by atoms with van der Waals surface area (Å²) in [6.07, 6.45) is 0. The zero-order chi connectivity index (χ0) is 13.1. The van der Waals surface area contributed by atoms with Crippen LogP contribution in [0.25, 0.3) is 0 Å². The molecule has 4 nitrogen and oxygen atoms in total. The van der Waals surface area contributed by atoms with Gasteiger partial charge in [0.2, 0.25) is 0 Å².